The summed E-state index contributed by atoms with van der Waals surface area (Å²) in [6.07, 6.45) is 37.2. The largest absolute Gasteiger partial charge is 0.247 e. The minimum absolute atomic E-state index is 1.17. The summed E-state index contributed by atoms with van der Waals surface area (Å²) in [5.74, 6) is 2.34. The average molecular weight is 503 g/mol. The van der Waals surface area contributed by atoms with Gasteiger partial charge in [0.2, 0.25) is 0 Å². The van der Waals surface area contributed by atoms with Crippen LogP contribution in [0.5, 0.6) is 0 Å². The molecule has 0 radical (unpaired) electrons. The van der Waals surface area contributed by atoms with Crippen LogP contribution in [0.4, 0.5) is 0 Å². The summed E-state index contributed by atoms with van der Waals surface area (Å²) in [4.78, 5) is 0. The van der Waals surface area contributed by atoms with Crippen molar-refractivity contribution in [2.24, 2.45) is 0 Å². The van der Waals surface area contributed by atoms with E-state index in [9.17, 15) is 0 Å². The number of rotatable bonds is 30. The molecule has 3 heteroatoms. The molecular weight excluding hydrogens is 440 g/mol. The lowest BCUT2D eigenvalue weighted by molar-refractivity contribution is 0.542. The van der Waals surface area contributed by atoms with Crippen LogP contribution in [-0.4, -0.2) is 11.5 Å². The predicted octanol–water partition coefficient (Wildman–Crippen LogP) is 12.5. The zero-order valence-electron chi connectivity index (χ0n) is 23.0. The van der Waals surface area contributed by atoms with Crippen molar-refractivity contribution in [1.82, 2.24) is 0 Å². The van der Waals surface area contributed by atoms with Gasteiger partial charge in [0.25, 0.3) is 0 Å². The number of hydrogen-bond acceptors (Lipinski definition) is 3. The smallest absolute Gasteiger partial charge is 0.0210 e. The summed E-state index contributed by atoms with van der Waals surface area (Å²) in [6, 6.07) is 0. The molecule has 1 nitrogen and oxygen atoms in total. The van der Waals surface area contributed by atoms with Crippen LogP contribution in [0.15, 0.2) is 0 Å². The van der Waals surface area contributed by atoms with E-state index in [1.807, 2.05) is 0 Å². The molecule has 0 aromatic carbocycles. The topological polar surface area (TPSA) is 9.23 Å². The zero-order chi connectivity index (χ0) is 23.9. The van der Waals surface area contributed by atoms with E-state index in [0.717, 1.165) is 0 Å². The lowest BCUT2D eigenvalue weighted by Gasteiger charge is -2.04. The van der Waals surface area contributed by atoms with E-state index in [1.54, 1.807) is 24.1 Å². The van der Waals surface area contributed by atoms with Crippen molar-refractivity contribution >= 4 is 24.1 Å². The molecule has 0 aromatic rings. The highest BCUT2D eigenvalue weighted by Gasteiger charge is 1.97. The molecule has 200 valence electrons. The second kappa shape index (κ2) is 32.7. The number of hydrogen-bond donors (Lipinski definition) is 0. The molecule has 33 heavy (non-hydrogen) atoms. The van der Waals surface area contributed by atoms with Gasteiger partial charge in [0.05, 0.1) is 0 Å². The molecule has 0 fully saturated rings. The van der Waals surface area contributed by atoms with E-state index in [4.69, 9.17) is 3.63 Å². The molecule has 0 aliphatic heterocycles. The predicted molar refractivity (Wildman–Crippen MR) is 157 cm³/mol. The third-order valence-corrected chi connectivity index (χ3v) is 8.44. The minimum Gasteiger partial charge on any atom is -0.247 e. The molecule has 0 spiro atoms. The molecule has 0 bridgehead atoms. The summed E-state index contributed by atoms with van der Waals surface area (Å²) in [7, 11) is 0. The first-order valence-electron chi connectivity index (χ1n) is 15.3. The van der Waals surface area contributed by atoms with Gasteiger partial charge in [-0.05, 0) is 12.8 Å². The standard InChI is InChI=1S/C30H62OS2/c1-3-5-7-9-11-13-15-17-19-21-23-25-27-29-32-31-33-30-28-26-24-22-20-18-16-14-12-10-8-6-4-2/h3-30H2,1-2H3. The molecule has 0 aromatic heterocycles. The first-order chi connectivity index (χ1) is 16.4. The Balaban J connectivity index is 2.99. The van der Waals surface area contributed by atoms with Crippen molar-refractivity contribution in [3.63, 3.8) is 0 Å². The third-order valence-electron chi connectivity index (χ3n) is 6.76. The van der Waals surface area contributed by atoms with Crippen molar-refractivity contribution in [3.05, 3.63) is 0 Å². The van der Waals surface area contributed by atoms with Gasteiger partial charge in [-0.15, -0.1) is 0 Å². The molecule has 0 saturated heterocycles. The van der Waals surface area contributed by atoms with Crippen LogP contribution < -0.4 is 0 Å². The van der Waals surface area contributed by atoms with E-state index in [-0.39, 0.29) is 0 Å². The highest BCUT2D eigenvalue weighted by Crippen LogP contribution is 2.20. The monoisotopic (exact) mass is 502 g/mol. The van der Waals surface area contributed by atoms with Crippen molar-refractivity contribution in [2.75, 3.05) is 11.5 Å². The van der Waals surface area contributed by atoms with Crippen LogP contribution in [0, 0.1) is 0 Å². The van der Waals surface area contributed by atoms with Crippen LogP contribution in [0.1, 0.15) is 181 Å². The van der Waals surface area contributed by atoms with Gasteiger partial charge in [-0.25, -0.2) is 3.63 Å². The molecule has 0 aliphatic carbocycles. The van der Waals surface area contributed by atoms with Crippen LogP contribution >= 0.6 is 24.1 Å². The first kappa shape index (κ1) is 33.7. The Morgan fingerprint density at radius 1 is 0.303 bits per heavy atom. The van der Waals surface area contributed by atoms with Gasteiger partial charge in [0.15, 0.2) is 0 Å². The second-order valence-electron chi connectivity index (χ2n) is 10.2. The van der Waals surface area contributed by atoms with Gasteiger partial charge < -0.3 is 0 Å². The van der Waals surface area contributed by atoms with Crippen molar-refractivity contribution in [1.29, 1.82) is 0 Å². The molecule has 0 unspecified atom stereocenters. The summed E-state index contributed by atoms with van der Waals surface area (Å²) >= 11 is 3.37. The van der Waals surface area contributed by atoms with Crippen molar-refractivity contribution in [3.8, 4) is 0 Å². The molecule has 0 rings (SSSR count). The molecule has 0 N–H and O–H groups in total. The molecule has 0 saturated carbocycles. The highest BCUT2D eigenvalue weighted by atomic mass is 32.2. The maximum Gasteiger partial charge on any atom is 0.0210 e. The van der Waals surface area contributed by atoms with Crippen LogP contribution in [0.2, 0.25) is 0 Å². The molecule has 0 amide bonds. The summed E-state index contributed by atoms with van der Waals surface area (Å²) in [5.41, 5.74) is 0. The van der Waals surface area contributed by atoms with Crippen LogP contribution in [0.3, 0.4) is 0 Å². The summed E-state index contributed by atoms with van der Waals surface area (Å²) < 4.78 is 5.68. The van der Waals surface area contributed by atoms with E-state index in [2.05, 4.69) is 13.8 Å². The van der Waals surface area contributed by atoms with Crippen LogP contribution in [-0.2, 0) is 3.63 Å². The lowest BCUT2D eigenvalue weighted by atomic mass is 10.1. The van der Waals surface area contributed by atoms with Crippen LogP contribution in [0.25, 0.3) is 0 Å². The van der Waals surface area contributed by atoms with Gasteiger partial charge in [-0.1, -0.05) is 168 Å². The maximum absolute atomic E-state index is 5.68. The number of unbranched alkanes of at least 4 members (excludes halogenated alkanes) is 24. The van der Waals surface area contributed by atoms with Gasteiger partial charge >= 0.3 is 0 Å². The van der Waals surface area contributed by atoms with Crippen molar-refractivity contribution in [2.45, 2.75) is 181 Å². The third kappa shape index (κ3) is 32.7. The highest BCUT2D eigenvalue weighted by molar-refractivity contribution is 8.07. The van der Waals surface area contributed by atoms with Gasteiger partial charge in [0.1, 0.15) is 0 Å². The first-order valence-corrected chi connectivity index (χ1v) is 17.1. The Labute approximate surface area is 219 Å². The van der Waals surface area contributed by atoms with Crippen molar-refractivity contribution < 1.29 is 3.63 Å². The fourth-order valence-electron chi connectivity index (χ4n) is 4.46. The second-order valence-corrected chi connectivity index (χ2v) is 12.0. The maximum atomic E-state index is 5.68. The fraction of sp³-hybridized carbons (Fsp3) is 1.00. The Morgan fingerprint density at radius 3 is 0.758 bits per heavy atom. The fourth-order valence-corrected chi connectivity index (χ4v) is 5.92. The normalized spacial score (nSPS) is 11.5. The Kier molecular flexibility index (Phi) is 33.3. The zero-order valence-corrected chi connectivity index (χ0v) is 24.7. The Morgan fingerprint density at radius 2 is 0.515 bits per heavy atom. The van der Waals surface area contributed by atoms with Gasteiger partial charge in [-0.2, -0.15) is 0 Å². The summed E-state index contributed by atoms with van der Waals surface area (Å²) in [6.45, 7) is 4.60. The SMILES string of the molecule is CCCCCCCCCCCCCCCSOSCCCCCCCCCCCCCCC. The summed E-state index contributed by atoms with van der Waals surface area (Å²) in [5, 5.41) is 0. The van der Waals surface area contributed by atoms with E-state index in [1.165, 1.54) is 178 Å². The van der Waals surface area contributed by atoms with E-state index >= 15 is 0 Å². The Hall–Kier alpha value is 0.660. The van der Waals surface area contributed by atoms with E-state index < -0.39 is 0 Å². The lowest BCUT2D eigenvalue weighted by Crippen LogP contribution is -1.86. The Bertz CT molecular complexity index is 294. The molecular formula is C30H62OS2. The average Bonchev–Trinajstić information content (AvgIpc) is 2.83. The molecule has 0 aliphatic rings. The minimum atomic E-state index is 1.17. The van der Waals surface area contributed by atoms with Gasteiger partial charge in [0, 0.05) is 35.6 Å². The quantitative estimate of drug-likeness (QED) is 0.0713. The van der Waals surface area contributed by atoms with Gasteiger partial charge in [-0.3, -0.25) is 0 Å². The molecule has 0 atom stereocenters. The van der Waals surface area contributed by atoms with E-state index in [0.29, 0.717) is 0 Å². The molecule has 0 heterocycles.